The Morgan fingerprint density at radius 1 is 0.613 bits per heavy atom. The number of amidine groups is 2. The lowest BCUT2D eigenvalue weighted by atomic mass is 10.1. The van der Waals surface area contributed by atoms with Crippen molar-refractivity contribution in [2.75, 3.05) is 0 Å². The maximum atomic E-state index is 13.1. The summed E-state index contributed by atoms with van der Waals surface area (Å²) < 4.78 is 0.770. The van der Waals surface area contributed by atoms with Crippen molar-refractivity contribution >= 4 is 57.1 Å². The van der Waals surface area contributed by atoms with Crippen LogP contribution in [0.25, 0.3) is 21.5 Å². The predicted molar refractivity (Wildman–Crippen MR) is 114 cm³/mol. The second-order valence-electron chi connectivity index (χ2n) is 6.97. The highest BCUT2D eigenvalue weighted by molar-refractivity contribution is 6.30. The van der Waals surface area contributed by atoms with E-state index in [1.165, 1.54) is 17.0 Å². The molecule has 5 heterocycles. The molecule has 150 valence electrons. The van der Waals surface area contributed by atoms with E-state index in [0.29, 0.717) is 11.7 Å². The highest BCUT2D eigenvalue weighted by Gasteiger charge is 2.35. The summed E-state index contributed by atoms with van der Waals surface area (Å²) in [4.78, 5) is 78.9. The van der Waals surface area contributed by atoms with Crippen LogP contribution in [0.4, 0.5) is 0 Å². The van der Waals surface area contributed by atoms with Crippen LogP contribution in [-0.4, -0.2) is 50.0 Å². The Hall–Kier alpha value is -4.68. The summed E-state index contributed by atoms with van der Waals surface area (Å²) in [5.74, 6) is 1.02. The molecule has 0 radical (unpaired) electrons. The van der Waals surface area contributed by atoms with Crippen molar-refractivity contribution in [3.8, 4) is 0 Å². The van der Waals surface area contributed by atoms with Gasteiger partial charge >= 0.3 is 0 Å². The van der Waals surface area contributed by atoms with Gasteiger partial charge in [0.2, 0.25) is 23.8 Å². The number of aromatic amines is 1. The van der Waals surface area contributed by atoms with Crippen LogP contribution in [0, 0.1) is 0 Å². The summed E-state index contributed by atoms with van der Waals surface area (Å²) >= 11 is 0. The Bertz CT molecular complexity index is 1710. The molecule has 6 rings (SSSR count). The van der Waals surface area contributed by atoms with Crippen LogP contribution in [0.2, 0.25) is 0 Å². The number of H-pyrrole nitrogens is 1. The van der Waals surface area contributed by atoms with Crippen LogP contribution in [0.15, 0.2) is 61.3 Å². The lowest BCUT2D eigenvalue weighted by Crippen LogP contribution is -2.49. The Morgan fingerprint density at radius 2 is 1.06 bits per heavy atom. The molecule has 0 fully saturated rings. The molecular formula is C18H9N9O4. The van der Waals surface area contributed by atoms with Crippen LogP contribution in [-0.2, 0) is 0 Å². The fourth-order valence-corrected chi connectivity index (χ4v) is 3.66. The minimum absolute atomic E-state index is 0.0205. The van der Waals surface area contributed by atoms with E-state index in [0.717, 1.165) is 4.57 Å². The predicted octanol–water partition coefficient (Wildman–Crippen LogP) is -1.11. The molecule has 0 saturated heterocycles. The summed E-state index contributed by atoms with van der Waals surface area (Å²) in [5, 5.41) is 0.0269. The van der Waals surface area contributed by atoms with Crippen molar-refractivity contribution in [3.05, 3.63) is 53.5 Å². The number of nitrogens with zero attached hydrogens (tertiary/aromatic N) is 8. The first-order chi connectivity index (χ1) is 14.8. The monoisotopic (exact) mass is 415 g/mol. The van der Waals surface area contributed by atoms with Gasteiger partial charge in [0.1, 0.15) is 11.7 Å². The molecule has 0 saturated carbocycles. The van der Waals surface area contributed by atoms with E-state index in [9.17, 15) is 19.2 Å². The van der Waals surface area contributed by atoms with Crippen molar-refractivity contribution in [3.63, 3.8) is 0 Å². The van der Waals surface area contributed by atoms with Crippen LogP contribution >= 0.6 is 0 Å². The maximum absolute atomic E-state index is 13.1. The van der Waals surface area contributed by atoms with Gasteiger partial charge in [-0.25, -0.2) is 9.47 Å². The first-order valence-electron chi connectivity index (χ1n) is 9.00. The molecule has 13 heteroatoms. The summed E-state index contributed by atoms with van der Waals surface area (Å²) in [7, 11) is 0. The quantitative estimate of drug-likeness (QED) is 0.491. The molecule has 0 bridgehead atoms. The SMILES string of the molecule is CC1=NC2=NC(C)=NC3=NC(n4c(=O)c5cc6c(=O)[nH]c(=O)c6cc5c4=O)=NC(=N1)N23. The zero-order valence-electron chi connectivity index (χ0n) is 15.9. The molecule has 0 atom stereocenters. The molecule has 3 aliphatic rings. The number of fused-ring (bicyclic) bond motifs is 2. The van der Waals surface area contributed by atoms with Gasteiger partial charge < -0.3 is 0 Å². The number of hydrogen-bond donors (Lipinski definition) is 1. The van der Waals surface area contributed by atoms with Gasteiger partial charge in [0.05, 0.1) is 21.5 Å². The maximum Gasteiger partial charge on any atom is 0.268 e. The average Bonchev–Trinajstić information content (AvgIpc) is 3.12. The number of nitrogens with one attached hydrogen (secondary N) is 1. The third-order valence-electron chi connectivity index (χ3n) is 4.99. The highest BCUT2D eigenvalue weighted by atomic mass is 16.2. The summed E-state index contributed by atoms with van der Waals surface area (Å²) in [6.07, 6.45) is 0. The van der Waals surface area contributed by atoms with Gasteiger partial charge in [-0.15, -0.1) is 0 Å². The summed E-state index contributed by atoms with van der Waals surface area (Å²) in [5.41, 5.74) is -2.70. The Balaban J connectivity index is 1.65. The molecule has 1 aromatic carbocycles. The fourth-order valence-electron chi connectivity index (χ4n) is 3.66. The summed E-state index contributed by atoms with van der Waals surface area (Å²) in [6, 6.07) is 2.47. The van der Waals surface area contributed by atoms with Crippen molar-refractivity contribution < 1.29 is 0 Å². The molecule has 3 aliphatic heterocycles. The van der Waals surface area contributed by atoms with E-state index in [1.807, 2.05) is 0 Å². The van der Waals surface area contributed by atoms with E-state index in [4.69, 9.17) is 0 Å². The third-order valence-corrected chi connectivity index (χ3v) is 4.99. The van der Waals surface area contributed by atoms with Crippen molar-refractivity contribution in [2.45, 2.75) is 13.8 Å². The number of benzene rings is 1. The van der Waals surface area contributed by atoms with E-state index in [2.05, 4.69) is 34.9 Å². The smallest absolute Gasteiger partial charge is 0.268 e. The van der Waals surface area contributed by atoms with Gasteiger partial charge in [-0.3, -0.25) is 24.2 Å². The number of rotatable bonds is 0. The van der Waals surface area contributed by atoms with Crippen LogP contribution in [0.3, 0.4) is 0 Å². The van der Waals surface area contributed by atoms with Crippen LogP contribution < -0.4 is 22.2 Å². The molecule has 0 spiro atoms. The lowest BCUT2D eigenvalue weighted by Gasteiger charge is -2.29. The van der Waals surface area contributed by atoms with Crippen molar-refractivity contribution in [1.82, 2.24) is 14.5 Å². The van der Waals surface area contributed by atoms with Gasteiger partial charge in [0, 0.05) is 0 Å². The van der Waals surface area contributed by atoms with E-state index in [1.54, 1.807) is 13.8 Å². The molecule has 1 N–H and O–H groups in total. The minimum Gasteiger partial charge on any atom is -0.288 e. The third kappa shape index (κ3) is 2.19. The molecule has 2 aromatic heterocycles. The second-order valence-corrected chi connectivity index (χ2v) is 6.97. The average molecular weight is 415 g/mol. The lowest BCUT2D eigenvalue weighted by molar-refractivity contribution is 0.817. The number of aliphatic imine (C=N–C) groups is 6. The van der Waals surface area contributed by atoms with Gasteiger partial charge in [-0.1, -0.05) is 0 Å². The minimum atomic E-state index is -0.723. The zero-order chi connectivity index (χ0) is 21.6. The van der Waals surface area contributed by atoms with Gasteiger partial charge in [0.15, 0.2) is 0 Å². The molecule has 13 nitrogen and oxygen atoms in total. The van der Waals surface area contributed by atoms with E-state index >= 15 is 0 Å². The fraction of sp³-hybridized carbons (Fsp3) is 0.111. The number of guanidine groups is 3. The Morgan fingerprint density at radius 3 is 1.61 bits per heavy atom. The highest BCUT2D eigenvalue weighted by Crippen LogP contribution is 2.18. The van der Waals surface area contributed by atoms with Gasteiger partial charge in [0.25, 0.3) is 22.2 Å². The molecular weight excluding hydrogens is 406 g/mol. The van der Waals surface area contributed by atoms with Crippen molar-refractivity contribution in [2.24, 2.45) is 30.0 Å². The van der Waals surface area contributed by atoms with Crippen molar-refractivity contribution in [1.29, 1.82) is 0 Å². The first-order valence-corrected chi connectivity index (χ1v) is 9.00. The molecule has 0 aliphatic carbocycles. The number of aromatic nitrogens is 2. The summed E-state index contributed by atoms with van der Waals surface area (Å²) in [6.45, 7) is 3.31. The largest absolute Gasteiger partial charge is 0.288 e. The molecule has 0 unspecified atom stereocenters. The second kappa shape index (κ2) is 5.47. The standard InChI is InChI=1S/C18H9N9O4/c1-5-19-15-20-6(2)22-17-25-18(24-16(21-5)27(15)17)26-13(30)9-3-7-8(4-10(9)14(26)31)12(29)23-11(7)28/h3-4H,1-2H3,(H,23,28,29). The number of hydrogen-bond acceptors (Lipinski definition) is 11. The topological polar surface area (TPSA) is 166 Å². The Kier molecular flexibility index (Phi) is 3.04. The molecule has 3 aromatic rings. The molecule has 0 amide bonds. The van der Waals surface area contributed by atoms with Crippen LogP contribution in [0.5, 0.6) is 0 Å². The first kappa shape index (κ1) is 17.2. The van der Waals surface area contributed by atoms with Gasteiger partial charge in [-0.2, -0.15) is 30.0 Å². The van der Waals surface area contributed by atoms with E-state index in [-0.39, 0.29) is 45.4 Å². The Labute approximate surface area is 169 Å². The zero-order valence-corrected chi connectivity index (χ0v) is 15.9. The van der Waals surface area contributed by atoms with Crippen LogP contribution in [0.1, 0.15) is 13.8 Å². The normalized spacial score (nSPS) is 17.7. The van der Waals surface area contributed by atoms with E-state index < -0.39 is 22.2 Å². The molecule has 31 heavy (non-hydrogen) atoms. The van der Waals surface area contributed by atoms with Gasteiger partial charge in [-0.05, 0) is 26.0 Å².